The summed E-state index contributed by atoms with van der Waals surface area (Å²) in [7, 11) is 0. The van der Waals surface area contributed by atoms with Crippen molar-refractivity contribution in [3.63, 3.8) is 0 Å². The predicted molar refractivity (Wildman–Crippen MR) is 59.3 cm³/mol. The highest BCUT2D eigenvalue weighted by Gasteiger charge is 2.26. The fourth-order valence-electron chi connectivity index (χ4n) is 1.71. The van der Waals surface area contributed by atoms with E-state index < -0.39 is 0 Å². The normalized spacial score (nSPS) is 18.3. The molecule has 0 amide bonds. The van der Waals surface area contributed by atoms with Gasteiger partial charge in [0.2, 0.25) is 0 Å². The van der Waals surface area contributed by atoms with Crippen LogP contribution in [0.5, 0.6) is 11.5 Å². The topological polar surface area (TPSA) is 44.5 Å². The minimum Gasteiger partial charge on any atom is -0.486 e. The van der Waals surface area contributed by atoms with Gasteiger partial charge in [0.15, 0.2) is 11.5 Å². The molecule has 0 aliphatic carbocycles. The Morgan fingerprint density at radius 2 is 2.07 bits per heavy atom. The average molecular weight is 207 g/mol. The summed E-state index contributed by atoms with van der Waals surface area (Å²) in [5.74, 6) is 1.62. The van der Waals surface area contributed by atoms with Gasteiger partial charge in [0.1, 0.15) is 13.2 Å². The van der Waals surface area contributed by atoms with Gasteiger partial charge < -0.3 is 15.2 Å². The number of hydrogen-bond donors (Lipinski definition) is 1. The monoisotopic (exact) mass is 207 g/mol. The molecule has 0 spiro atoms. The van der Waals surface area contributed by atoms with Crippen LogP contribution in [0.1, 0.15) is 25.8 Å². The SMILES string of the molecule is CCC(C)(N)c1cccc2c1OCCO2. The fourth-order valence-corrected chi connectivity index (χ4v) is 1.71. The molecular weight excluding hydrogens is 190 g/mol. The molecule has 1 unspecified atom stereocenters. The Hall–Kier alpha value is -1.22. The standard InChI is InChI=1S/C12H17NO2/c1-3-12(2,13)9-5-4-6-10-11(9)15-8-7-14-10/h4-6H,3,7-8,13H2,1-2H3. The van der Waals surface area contributed by atoms with Crippen molar-refractivity contribution in [1.82, 2.24) is 0 Å². The van der Waals surface area contributed by atoms with Crippen LogP contribution in [0.15, 0.2) is 18.2 Å². The molecule has 2 N–H and O–H groups in total. The molecule has 15 heavy (non-hydrogen) atoms. The van der Waals surface area contributed by atoms with E-state index in [1.807, 2.05) is 25.1 Å². The molecular formula is C12H17NO2. The van der Waals surface area contributed by atoms with E-state index in [4.69, 9.17) is 15.2 Å². The van der Waals surface area contributed by atoms with Gasteiger partial charge in [0.05, 0.1) is 0 Å². The lowest BCUT2D eigenvalue weighted by Crippen LogP contribution is -2.33. The first-order valence-corrected chi connectivity index (χ1v) is 5.33. The molecule has 2 rings (SSSR count). The molecule has 3 nitrogen and oxygen atoms in total. The van der Waals surface area contributed by atoms with Crippen molar-refractivity contribution < 1.29 is 9.47 Å². The fraction of sp³-hybridized carbons (Fsp3) is 0.500. The van der Waals surface area contributed by atoms with Crippen LogP contribution in [0.2, 0.25) is 0 Å². The molecule has 0 saturated carbocycles. The van der Waals surface area contributed by atoms with Gasteiger partial charge in [-0.25, -0.2) is 0 Å². The summed E-state index contributed by atoms with van der Waals surface area (Å²) in [6, 6.07) is 5.89. The van der Waals surface area contributed by atoms with Gasteiger partial charge in [-0.05, 0) is 19.4 Å². The first-order valence-electron chi connectivity index (χ1n) is 5.33. The van der Waals surface area contributed by atoms with Crippen LogP contribution in [0.25, 0.3) is 0 Å². The van der Waals surface area contributed by atoms with E-state index in [2.05, 4.69) is 6.92 Å². The van der Waals surface area contributed by atoms with Crippen LogP contribution in [0.3, 0.4) is 0 Å². The molecule has 0 aromatic heterocycles. The predicted octanol–water partition coefficient (Wildman–Crippen LogP) is 2.04. The van der Waals surface area contributed by atoms with Gasteiger partial charge in [-0.15, -0.1) is 0 Å². The van der Waals surface area contributed by atoms with E-state index in [1.54, 1.807) is 0 Å². The second-order valence-electron chi connectivity index (χ2n) is 4.10. The summed E-state index contributed by atoms with van der Waals surface area (Å²) in [5.41, 5.74) is 6.90. The molecule has 1 aliphatic heterocycles. The van der Waals surface area contributed by atoms with E-state index in [-0.39, 0.29) is 5.54 Å². The van der Waals surface area contributed by atoms with E-state index in [9.17, 15) is 0 Å². The number of ether oxygens (including phenoxy) is 2. The lowest BCUT2D eigenvalue weighted by atomic mass is 9.89. The Morgan fingerprint density at radius 1 is 1.33 bits per heavy atom. The third-order valence-corrected chi connectivity index (χ3v) is 2.92. The maximum atomic E-state index is 6.23. The largest absolute Gasteiger partial charge is 0.486 e. The van der Waals surface area contributed by atoms with E-state index >= 15 is 0 Å². The highest BCUT2D eigenvalue weighted by Crippen LogP contribution is 2.39. The zero-order valence-corrected chi connectivity index (χ0v) is 9.25. The Morgan fingerprint density at radius 3 is 2.80 bits per heavy atom. The third kappa shape index (κ3) is 1.79. The van der Waals surface area contributed by atoms with Gasteiger partial charge in [0.25, 0.3) is 0 Å². The summed E-state index contributed by atoms with van der Waals surface area (Å²) in [6.07, 6.45) is 0.868. The Labute approximate surface area is 90.2 Å². The number of para-hydroxylation sites is 1. The van der Waals surface area contributed by atoms with Gasteiger partial charge in [0, 0.05) is 11.1 Å². The van der Waals surface area contributed by atoms with E-state index in [0.717, 1.165) is 23.5 Å². The minimum absolute atomic E-state index is 0.355. The summed E-state index contributed by atoms with van der Waals surface area (Å²) in [5, 5.41) is 0. The van der Waals surface area contributed by atoms with E-state index in [1.165, 1.54) is 0 Å². The van der Waals surface area contributed by atoms with Crippen LogP contribution in [-0.2, 0) is 5.54 Å². The number of hydrogen-bond acceptors (Lipinski definition) is 3. The van der Waals surface area contributed by atoms with Crippen molar-refractivity contribution >= 4 is 0 Å². The molecule has 82 valence electrons. The van der Waals surface area contributed by atoms with Crippen LogP contribution in [-0.4, -0.2) is 13.2 Å². The highest BCUT2D eigenvalue weighted by molar-refractivity contribution is 5.50. The number of benzene rings is 1. The molecule has 0 saturated heterocycles. The van der Waals surface area contributed by atoms with Crippen LogP contribution >= 0.6 is 0 Å². The first-order chi connectivity index (χ1) is 7.15. The molecule has 1 aromatic rings. The third-order valence-electron chi connectivity index (χ3n) is 2.92. The van der Waals surface area contributed by atoms with Crippen molar-refractivity contribution in [3.05, 3.63) is 23.8 Å². The maximum absolute atomic E-state index is 6.23. The summed E-state index contributed by atoms with van der Waals surface area (Å²) in [6.45, 7) is 5.30. The summed E-state index contributed by atoms with van der Waals surface area (Å²) in [4.78, 5) is 0. The lowest BCUT2D eigenvalue weighted by molar-refractivity contribution is 0.167. The zero-order valence-electron chi connectivity index (χ0n) is 9.25. The summed E-state index contributed by atoms with van der Waals surface area (Å²) < 4.78 is 11.2. The Balaban J connectivity index is 2.48. The molecule has 1 aromatic carbocycles. The van der Waals surface area contributed by atoms with Gasteiger partial charge >= 0.3 is 0 Å². The maximum Gasteiger partial charge on any atom is 0.166 e. The minimum atomic E-state index is -0.355. The van der Waals surface area contributed by atoms with Crippen molar-refractivity contribution in [2.24, 2.45) is 5.73 Å². The van der Waals surface area contributed by atoms with Gasteiger partial charge in [-0.2, -0.15) is 0 Å². The summed E-state index contributed by atoms with van der Waals surface area (Å²) >= 11 is 0. The van der Waals surface area contributed by atoms with Crippen molar-refractivity contribution in [2.75, 3.05) is 13.2 Å². The van der Waals surface area contributed by atoms with Crippen molar-refractivity contribution in [1.29, 1.82) is 0 Å². The second-order valence-corrected chi connectivity index (χ2v) is 4.10. The Kier molecular flexibility index (Phi) is 2.57. The van der Waals surface area contributed by atoms with Crippen molar-refractivity contribution in [3.8, 4) is 11.5 Å². The quantitative estimate of drug-likeness (QED) is 0.807. The zero-order chi connectivity index (χ0) is 10.9. The smallest absolute Gasteiger partial charge is 0.166 e. The first kappa shape index (κ1) is 10.3. The second kappa shape index (κ2) is 3.74. The molecule has 0 radical (unpaired) electrons. The molecule has 0 bridgehead atoms. The Bertz CT molecular complexity index is 361. The van der Waals surface area contributed by atoms with Crippen LogP contribution in [0, 0.1) is 0 Å². The lowest BCUT2D eigenvalue weighted by Gasteiger charge is -2.29. The van der Waals surface area contributed by atoms with E-state index in [0.29, 0.717) is 13.2 Å². The van der Waals surface area contributed by atoms with Gasteiger partial charge in [-0.3, -0.25) is 0 Å². The molecule has 1 atom stereocenters. The molecule has 0 fully saturated rings. The van der Waals surface area contributed by atoms with Crippen LogP contribution < -0.4 is 15.2 Å². The van der Waals surface area contributed by atoms with Gasteiger partial charge in [-0.1, -0.05) is 19.1 Å². The number of rotatable bonds is 2. The number of nitrogens with two attached hydrogens (primary N) is 1. The van der Waals surface area contributed by atoms with Crippen LogP contribution in [0.4, 0.5) is 0 Å². The molecule has 3 heteroatoms. The number of fused-ring (bicyclic) bond motifs is 1. The average Bonchev–Trinajstić information content (AvgIpc) is 2.28. The molecule has 1 heterocycles. The molecule has 1 aliphatic rings. The van der Waals surface area contributed by atoms with Crippen molar-refractivity contribution in [2.45, 2.75) is 25.8 Å². The highest BCUT2D eigenvalue weighted by atomic mass is 16.6.